The Bertz CT molecular complexity index is 880. The zero-order chi connectivity index (χ0) is 25.2. The molecule has 0 atom stereocenters. The largest absolute Gasteiger partial charge is 0.395 e. The van der Waals surface area contributed by atoms with E-state index in [0.717, 1.165) is 35.1 Å². The first-order valence-electron chi connectivity index (χ1n) is 12.1. The monoisotopic (exact) mass is 456 g/mol. The van der Waals surface area contributed by atoms with Gasteiger partial charge in [-0.1, -0.05) is 89.1 Å². The average Bonchev–Trinajstić information content (AvgIpc) is 2.80. The molecule has 0 saturated heterocycles. The molecule has 4 heteroatoms. The summed E-state index contributed by atoms with van der Waals surface area (Å²) in [6.07, 6.45) is 1.68. The number of hydrogen-bond donors (Lipinski definition) is 4. The molecular formula is C29H44O4. The van der Waals surface area contributed by atoms with E-state index in [4.69, 9.17) is 0 Å². The maximum Gasteiger partial charge on any atom is 0.127 e. The number of aliphatic hydroxyl groups excluding tert-OH is 3. The van der Waals surface area contributed by atoms with Gasteiger partial charge in [0, 0.05) is 0 Å². The summed E-state index contributed by atoms with van der Waals surface area (Å²) in [6, 6.07) is 11.9. The van der Waals surface area contributed by atoms with Gasteiger partial charge < -0.3 is 20.4 Å². The highest BCUT2D eigenvalue weighted by Crippen LogP contribution is 2.51. The Morgan fingerprint density at radius 1 is 0.606 bits per heavy atom. The summed E-state index contributed by atoms with van der Waals surface area (Å²) in [7, 11) is 0. The summed E-state index contributed by atoms with van der Waals surface area (Å²) >= 11 is 0. The molecule has 0 aliphatic heterocycles. The van der Waals surface area contributed by atoms with Crippen LogP contribution in [0.2, 0.25) is 0 Å². The molecule has 4 nitrogen and oxygen atoms in total. The van der Waals surface area contributed by atoms with Gasteiger partial charge in [-0.3, -0.25) is 0 Å². The first kappa shape index (κ1) is 27.5. The van der Waals surface area contributed by atoms with Gasteiger partial charge in [-0.05, 0) is 59.8 Å². The normalized spacial score (nSPS) is 13.5. The van der Waals surface area contributed by atoms with Crippen molar-refractivity contribution in [3.8, 4) is 0 Å². The maximum absolute atomic E-state index is 12.8. The van der Waals surface area contributed by atoms with Crippen LogP contribution in [0.25, 0.3) is 0 Å². The molecule has 2 aromatic carbocycles. The molecule has 0 aliphatic carbocycles. The molecular weight excluding hydrogens is 412 g/mol. The molecule has 0 bridgehead atoms. The Balaban J connectivity index is 3.14. The zero-order valence-electron chi connectivity index (χ0n) is 21.8. The van der Waals surface area contributed by atoms with E-state index in [9.17, 15) is 20.4 Å². The lowest BCUT2D eigenvalue weighted by atomic mass is 9.60. The molecule has 0 spiro atoms. The highest BCUT2D eigenvalue weighted by atomic mass is 16.3. The van der Waals surface area contributed by atoms with Gasteiger partial charge in [0.25, 0.3) is 0 Å². The highest BCUT2D eigenvalue weighted by Gasteiger charge is 2.55. The molecule has 2 rings (SSSR count). The molecule has 184 valence electrons. The molecule has 0 unspecified atom stereocenters. The quantitative estimate of drug-likeness (QED) is 0.411. The standard InChI is InChI=1S/C29H44O4/c1-9-26(5,6)24-15-20(3)11-13-22(24)29(33,28(17-30,18-31)19-32)23-14-12-21(4)16-25(23)27(7,8)10-2/h11-16,30-33H,9-10,17-19H2,1-8H3. The molecule has 2 aromatic rings. The Labute approximate surface area is 200 Å². The van der Waals surface area contributed by atoms with E-state index < -0.39 is 30.8 Å². The third-order valence-corrected chi connectivity index (χ3v) is 8.03. The van der Waals surface area contributed by atoms with Gasteiger partial charge in [0.2, 0.25) is 0 Å². The Morgan fingerprint density at radius 2 is 0.939 bits per heavy atom. The average molecular weight is 457 g/mol. The number of aliphatic hydroxyl groups is 4. The third kappa shape index (κ3) is 4.64. The van der Waals surface area contributed by atoms with Gasteiger partial charge in [0.1, 0.15) is 5.60 Å². The number of rotatable bonds is 10. The first-order valence-corrected chi connectivity index (χ1v) is 12.1. The van der Waals surface area contributed by atoms with E-state index in [2.05, 4.69) is 53.7 Å². The van der Waals surface area contributed by atoms with Crippen molar-refractivity contribution in [3.05, 3.63) is 69.8 Å². The molecule has 0 aromatic heterocycles. The minimum Gasteiger partial charge on any atom is -0.395 e. The first-order chi connectivity index (χ1) is 15.3. The van der Waals surface area contributed by atoms with Crippen LogP contribution in [0.1, 0.15) is 87.8 Å². The summed E-state index contributed by atoms with van der Waals surface area (Å²) in [4.78, 5) is 0. The van der Waals surface area contributed by atoms with E-state index in [1.54, 1.807) is 0 Å². The molecule has 0 fully saturated rings. The molecule has 0 heterocycles. The zero-order valence-corrected chi connectivity index (χ0v) is 21.8. The summed E-state index contributed by atoms with van der Waals surface area (Å²) in [5.41, 5.74) is 1.32. The van der Waals surface area contributed by atoms with Crippen molar-refractivity contribution >= 4 is 0 Å². The Kier molecular flexibility index (Phi) is 8.23. The molecule has 0 amide bonds. The Hall–Kier alpha value is -1.72. The van der Waals surface area contributed by atoms with E-state index in [1.165, 1.54) is 0 Å². The fourth-order valence-corrected chi connectivity index (χ4v) is 4.66. The minimum absolute atomic E-state index is 0.271. The second-order valence-electron chi connectivity index (χ2n) is 11.0. The Morgan fingerprint density at radius 3 is 1.21 bits per heavy atom. The lowest BCUT2D eigenvalue weighted by Crippen LogP contribution is -2.55. The number of hydrogen-bond acceptors (Lipinski definition) is 4. The van der Waals surface area contributed by atoms with Crippen molar-refractivity contribution in [2.24, 2.45) is 5.41 Å². The van der Waals surface area contributed by atoms with Crippen LogP contribution in [0.15, 0.2) is 36.4 Å². The third-order valence-electron chi connectivity index (χ3n) is 8.03. The van der Waals surface area contributed by atoms with Crippen molar-refractivity contribution in [1.82, 2.24) is 0 Å². The van der Waals surface area contributed by atoms with E-state index in [1.807, 2.05) is 38.1 Å². The molecule has 0 aliphatic rings. The van der Waals surface area contributed by atoms with Gasteiger partial charge >= 0.3 is 0 Å². The van der Waals surface area contributed by atoms with Crippen molar-refractivity contribution < 1.29 is 20.4 Å². The van der Waals surface area contributed by atoms with Crippen LogP contribution in [0.3, 0.4) is 0 Å². The summed E-state index contributed by atoms with van der Waals surface area (Å²) in [5, 5.41) is 44.5. The van der Waals surface area contributed by atoms with E-state index >= 15 is 0 Å². The smallest absolute Gasteiger partial charge is 0.127 e. The van der Waals surface area contributed by atoms with Crippen LogP contribution in [0, 0.1) is 19.3 Å². The summed E-state index contributed by atoms with van der Waals surface area (Å²) in [6.45, 7) is 15.1. The van der Waals surface area contributed by atoms with Crippen LogP contribution < -0.4 is 0 Å². The summed E-state index contributed by atoms with van der Waals surface area (Å²) in [5.74, 6) is 0. The van der Waals surface area contributed by atoms with Crippen molar-refractivity contribution in [2.75, 3.05) is 19.8 Å². The van der Waals surface area contributed by atoms with Crippen LogP contribution in [0.5, 0.6) is 0 Å². The highest BCUT2D eigenvalue weighted by molar-refractivity contribution is 5.52. The molecule has 4 N–H and O–H groups in total. The molecule has 0 saturated carbocycles. The van der Waals surface area contributed by atoms with Gasteiger partial charge in [-0.2, -0.15) is 0 Å². The second kappa shape index (κ2) is 9.87. The van der Waals surface area contributed by atoms with Crippen molar-refractivity contribution in [3.63, 3.8) is 0 Å². The fraction of sp³-hybridized carbons (Fsp3) is 0.586. The topological polar surface area (TPSA) is 80.9 Å². The SMILES string of the molecule is CCC(C)(C)c1cc(C)ccc1C(O)(c1ccc(C)cc1C(C)(C)CC)C(CO)(CO)CO. The number of benzene rings is 2. The van der Waals surface area contributed by atoms with Gasteiger partial charge in [0.15, 0.2) is 0 Å². The van der Waals surface area contributed by atoms with Gasteiger partial charge in [0.05, 0.1) is 25.2 Å². The van der Waals surface area contributed by atoms with E-state index in [-0.39, 0.29) is 10.8 Å². The van der Waals surface area contributed by atoms with Gasteiger partial charge in [-0.15, -0.1) is 0 Å². The van der Waals surface area contributed by atoms with Crippen molar-refractivity contribution in [1.29, 1.82) is 0 Å². The van der Waals surface area contributed by atoms with Gasteiger partial charge in [-0.25, -0.2) is 0 Å². The van der Waals surface area contributed by atoms with Crippen LogP contribution in [-0.2, 0) is 16.4 Å². The predicted octanol–water partition coefficient (Wildman–Crippen LogP) is 4.88. The predicted molar refractivity (Wildman–Crippen MR) is 136 cm³/mol. The summed E-state index contributed by atoms with van der Waals surface area (Å²) < 4.78 is 0. The molecule has 33 heavy (non-hydrogen) atoms. The molecule has 0 radical (unpaired) electrons. The lowest BCUT2D eigenvalue weighted by molar-refractivity contribution is -0.137. The minimum atomic E-state index is -1.82. The maximum atomic E-state index is 12.8. The number of aryl methyl sites for hydroxylation is 2. The van der Waals surface area contributed by atoms with E-state index in [0.29, 0.717) is 11.1 Å². The van der Waals surface area contributed by atoms with Crippen molar-refractivity contribution in [2.45, 2.75) is 84.7 Å². The van der Waals surface area contributed by atoms with Crippen LogP contribution >= 0.6 is 0 Å². The lowest BCUT2D eigenvalue weighted by Gasteiger charge is -2.49. The van der Waals surface area contributed by atoms with Crippen LogP contribution in [-0.4, -0.2) is 40.2 Å². The second-order valence-corrected chi connectivity index (χ2v) is 11.0. The fourth-order valence-electron chi connectivity index (χ4n) is 4.66. The van der Waals surface area contributed by atoms with Crippen LogP contribution in [0.4, 0.5) is 0 Å².